The third-order valence-electron chi connectivity index (χ3n) is 3.60. The van der Waals surface area contributed by atoms with Gasteiger partial charge in [0.05, 0.1) is 5.71 Å². The molecule has 0 atom stereocenters. The van der Waals surface area contributed by atoms with Crippen molar-refractivity contribution in [3.8, 4) is 0 Å². The molecule has 0 radical (unpaired) electrons. The van der Waals surface area contributed by atoms with E-state index in [4.69, 9.17) is 4.74 Å². The molecular formula is C19H27N3O3S. The summed E-state index contributed by atoms with van der Waals surface area (Å²) < 4.78 is 4.88. The predicted molar refractivity (Wildman–Crippen MR) is 107 cm³/mol. The maximum Gasteiger partial charge on any atom is 0.412 e. The standard InChI is InChI=1S/C19H27N3O3S/c1-18(2,3)25-17(24)20-13-7-8-14-12(10-13)6-9-15(14)21-22-16(23)11-19(4,5)26/h7-8,10,26H,6,9,11H2,1-5H3,(H,20,24)(H,22,23)/b21-15+. The Hall–Kier alpha value is -2.02. The molecule has 0 unspecified atom stereocenters. The summed E-state index contributed by atoms with van der Waals surface area (Å²) in [5, 5.41) is 7.00. The molecule has 142 valence electrons. The average molecular weight is 378 g/mol. The molecule has 0 saturated carbocycles. The van der Waals surface area contributed by atoms with Crippen LogP contribution in [-0.2, 0) is 16.0 Å². The van der Waals surface area contributed by atoms with Crippen LogP contribution in [0.25, 0.3) is 0 Å². The highest BCUT2D eigenvalue weighted by Crippen LogP contribution is 2.26. The van der Waals surface area contributed by atoms with Crippen molar-refractivity contribution in [1.29, 1.82) is 0 Å². The van der Waals surface area contributed by atoms with Crippen LogP contribution in [0, 0.1) is 0 Å². The molecule has 2 N–H and O–H groups in total. The largest absolute Gasteiger partial charge is 0.444 e. The van der Waals surface area contributed by atoms with E-state index >= 15 is 0 Å². The van der Waals surface area contributed by atoms with Crippen molar-refractivity contribution in [1.82, 2.24) is 5.43 Å². The van der Waals surface area contributed by atoms with Gasteiger partial charge in [0.25, 0.3) is 0 Å². The zero-order valence-corrected chi connectivity index (χ0v) is 16.9. The van der Waals surface area contributed by atoms with Crippen molar-refractivity contribution >= 4 is 36.0 Å². The molecule has 0 saturated heterocycles. The Kier molecular flexibility index (Phi) is 6.01. The highest BCUT2D eigenvalue weighted by Gasteiger charge is 2.21. The van der Waals surface area contributed by atoms with Crippen molar-refractivity contribution in [3.05, 3.63) is 29.3 Å². The fraction of sp³-hybridized carbons (Fsp3) is 0.526. The molecule has 1 aliphatic carbocycles. The van der Waals surface area contributed by atoms with Gasteiger partial charge >= 0.3 is 6.09 Å². The summed E-state index contributed by atoms with van der Waals surface area (Å²) in [4.78, 5) is 23.8. The number of nitrogens with zero attached hydrogens (tertiary/aromatic N) is 1. The second-order valence-electron chi connectivity index (χ2n) is 8.08. The number of anilines is 1. The Morgan fingerprint density at radius 3 is 2.50 bits per heavy atom. The molecule has 1 aromatic rings. The first-order valence-electron chi connectivity index (χ1n) is 8.64. The Morgan fingerprint density at radius 2 is 1.88 bits per heavy atom. The Morgan fingerprint density at radius 1 is 1.19 bits per heavy atom. The van der Waals surface area contributed by atoms with E-state index < -0.39 is 11.7 Å². The van der Waals surface area contributed by atoms with Crippen LogP contribution in [0.5, 0.6) is 0 Å². The number of rotatable bonds is 4. The number of nitrogens with one attached hydrogen (secondary N) is 2. The number of aryl methyl sites for hydroxylation is 1. The Labute approximate surface area is 160 Å². The van der Waals surface area contributed by atoms with Crippen molar-refractivity contribution in [3.63, 3.8) is 0 Å². The smallest absolute Gasteiger partial charge is 0.412 e. The molecule has 0 aliphatic heterocycles. The predicted octanol–water partition coefficient (Wildman–Crippen LogP) is 3.90. The van der Waals surface area contributed by atoms with Crippen molar-refractivity contribution in [2.45, 2.75) is 64.2 Å². The van der Waals surface area contributed by atoms with Gasteiger partial charge in [-0.05, 0) is 51.3 Å². The van der Waals surface area contributed by atoms with E-state index in [1.54, 1.807) is 0 Å². The second-order valence-corrected chi connectivity index (χ2v) is 9.29. The molecule has 0 aromatic heterocycles. The molecule has 26 heavy (non-hydrogen) atoms. The van der Waals surface area contributed by atoms with Crippen LogP contribution in [0.4, 0.5) is 10.5 Å². The van der Waals surface area contributed by atoms with Crippen LogP contribution in [0.15, 0.2) is 23.3 Å². The third kappa shape index (κ3) is 6.37. The number of fused-ring (bicyclic) bond motifs is 1. The number of benzene rings is 1. The second kappa shape index (κ2) is 7.70. The van der Waals surface area contributed by atoms with Crippen LogP contribution < -0.4 is 10.7 Å². The van der Waals surface area contributed by atoms with Crippen LogP contribution in [0.1, 0.15) is 58.6 Å². The summed E-state index contributed by atoms with van der Waals surface area (Å²) in [7, 11) is 0. The molecule has 0 spiro atoms. The topological polar surface area (TPSA) is 79.8 Å². The van der Waals surface area contributed by atoms with Gasteiger partial charge in [-0.15, -0.1) is 0 Å². The number of hydrogen-bond donors (Lipinski definition) is 3. The number of hydrazone groups is 1. The fourth-order valence-corrected chi connectivity index (χ4v) is 2.79. The number of hydrogen-bond acceptors (Lipinski definition) is 5. The van der Waals surface area contributed by atoms with E-state index in [0.717, 1.165) is 29.7 Å². The molecular weight excluding hydrogens is 350 g/mol. The lowest BCUT2D eigenvalue weighted by Crippen LogP contribution is -2.27. The van der Waals surface area contributed by atoms with Gasteiger partial charge in [0, 0.05) is 22.4 Å². The lowest BCUT2D eigenvalue weighted by atomic mass is 10.1. The van der Waals surface area contributed by atoms with Gasteiger partial charge in [-0.1, -0.05) is 19.9 Å². The first-order chi connectivity index (χ1) is 11.9. The molecule has 2 amide bonds. The van der Waals surface area contributed by atoms with Gasteiger partial charge in [-0.3, -0.25) is 10.1 Å². The van der Waals surface area contributed by atoms with E-state index in [9.17, 15) is 9.59 Å². The van der Waals surface area contributed by atoms with Crippen LogP contribution in [0.3, 0.4) is 0 Å². The van der Waals surface area contributed by atoms with Gasteiger partial charge in [-0.25, -0.2) is 10.2 Å². The maximum atomic E-state index is 11.9. The number of amides is 2. The minimum absolute atomic E-state index is 0.158. The molecule has 0 bridgehead atoms. The monoisotopic (exact) mass is 377 g/mol. The molecule has 1 aromatic carbocycles. The zero-order valence-electron chi connectivity index (χ0n) is 16.0. The van der Waals surface area contributed by atoms with E-state index in [1.807, 2.05) is 52.8 Å². The van der Waals surface area contributed by atoms with Crippen LogP contribution >= 0.6 is 12.6 Å². The number of carbonyl (C=O) groups is 2. The van der Waals surface area contributed by atoms with Gasteiger partial charge in [0.1, 0.15) is 5.60 Å². The minimum atomic E-state index is -0.541. The molecule has 0 fully saturated rings. The summed E-state index contributed by atoms with van der Waals surface area (Å²) in [6.07, 6.45) is 1.37. The van der Waals surface area contributed by atoms with Gasteiger partial charge in [-0.2, -0.15) is 17.7 Å². The summed E-state index contributed by atoms with van der Waals surface area (Å²) in [5.41, 5.74) is 5.66. The van der Waals surface area contributed by atoms with Crippen molar-refractivity contribution < 1.29 is 14.3 Å². The van der Waals surface area contributed by atoms with Crippen LogP contribution in [0.2, 0.25) is 0 Å². The number of ether oxygens (including phenoxy) is 1. The first kappa shape index (κ1) is 20.3. The van der Waals surface area contributed by atoms with E-state index in [0.29, 0.717) is 12.1 Å². The highest BCUT2D eigenvalue weighted by molar-refractivity contribution is 7.81. The van der Waals surface area contributed by atoms with E-state index in [1.165, 1.54) is 0 Å². The van der Waals surface area contributed by atoms with Crippen molar-refractivity contribution in [2.75, 3.05) is 5.32 Å². The molecule has 7 heteroatoms. The fourth-order valence-electron chi connectivity index (χ4n) is 2.65. The lowest BCUT2D eigenvalue weighted by molar-refractivity contribution is -0.121. The SMILES string of the molecule is CC(C)(S)CC(=O)N/N=C1\CCc2cc(NC(=O)OC(C)(C)C)ccc21. The first-order valence-corrected chi connectivity index (χ1v) is 9.09. The summed E-state index contributed by atoms with van der Waals surface area (Å²) >= 11 is 4.35. The number of carbonyl (C=O) groups excluding carboxylic acids is 2. The Balaban J connectivity index is 2.02. The summed E-state index contributed by atoms with van der Waals surface area (Å²) in [6, 6.07) is 5.63. The highest BCUT2D eigenvalue weighted by atomic mass is 32.1. The summed E-state index contributed by atoms with van der Waals surface area (Å²) in [5.74, 6) is -0.158. The van der Waals surface area contributed by atoms with E-state index in [-0.39, 0.29) is 10.7 Å². The molecule has 6 nitrogen and oxygen atoms in total. The van der Waals surface area contributed by atoms with Gasteiger partial charge in [0.2, 0.25) is 5.91 Å². The van der Waals surface area contributed by atoms with Gasteiger partial charge < -0.3 is 4.74 Å². The zero-order chi connectivity index (χ0) is 19.5. The van der Waals surface area contributed by atoms with Gasteiger partial charge in [0.15, 0.2) is 0 Å². The lowest BCUT2D eigenvalue weighted by Gasteiger charge is -2.19. The maximum absolute atomic E-state index is 11.9. The quantitative estimate of drug-likeness (QED) is 0.550. The number of thiol groups is 1. The minimum Gasteiger partial charge on any atom is -0.444 e. The van der Waals surface area contributed by atoms with Crippen LogP contribution in [-0.4, -0.2) is 28.1 Å². The average Bonchev–Trinajstić information content (AvgIpc) is 2.83. The Bertz CT molecular complexity index is 731. The van der Waals surface area contributed by atoms with Crippen molar-refractivity contribution in [2.24, 2.45) is 5.10 Å². The van der Waals surface area contributed by atoms with E-state index in [2.05, 4.69) is 28.5 Å². The summed E-state index contributed by atoms with van der Waals surface area (Å²) in [6.45, 7) is 9.23. The normalized spacial score (nSPS) is 15.5. The molecule has 2 rings (SSSR count). The molecule has 0 heterocycles. The molecule has 1 aliphatic rings. The third-order valence-corrected chi connectivity index (χ3v) is 3.76.